The van der Waals surface area contributed by atoms with Crippen LogP contribution in [0.15, 0.2) is 29.2 Å². The van der Waals surface area contributed by atoms with E-state index in [0.29, 0.717) is 6.42 Å². The molecule has 0 atom stereocenters. The fraction of sp³-hybridized carbons (Fsp3) is 0.400. The van der Waals surface area contributed by atoms with Gasteiger partial charge in [-0.2, -0.15) is 0 Å². The number of primary sulfonamides is 1. The Morgan fingerprint density at radius 2 is 1.87 bits per heavy atom. The van der Waals surface area contributed by atoms with Crippen molar-refractivity contribution in [2.45, 2.75) is 11.3 Å². The summed E-state index contributed by atoms with van der Waals surface area (Å²) in [4.78, 5) is 2.23. The van der Waals surface area contributed by atoms with Crippen molar-refractivity contribution >= 4 is 10.0 Å². The van der Waals surface area contributed by atoms with Crippen molar-refractivity contribution in [1.29, 1.82) is 0 Å². The zero-order chi connectivity index (χ0) is 11.5. The molecule has 1 aromatic rings. The molecular formula is C10H16N2O2S. The van der Waals surface area contributed by atoms with Crippen LogP contribution in [0.4, 0.5) is 0 Å². The van der Waals surface area contributed by atoms with Crippen molar-refractivity contribution in [3.05, 3.63) is 29.8 Å². The molecule has 0 aromatic heterocycles. The number of benzene rings is 1. The first-order valence-electron chi connectivity index (χ1n) is 4.66. The van der Waals surface area contributed by atoms with Crippen LogP contribution in [0.25, 0.3) is 0 Å². The van der Waals surface area contributed by atoms with Gasteiger partial charge >= 0.3 is 0 Å². The number of hydrogen-bond donors (Lipinski definition) is 1. The normalized spacial score (nSPS) is 12.0. The third kappa shape index (κ3) is 3.62. The molecule has 0 saturated carbocycles. The molecule has 15 heavy (non-hydrogen) atoms. The molecular weight excluding hydrogens is 212 g/mol. The highest BCUT2D eigenvalue weighted by molar-refractivity contribution is 7.89. The molecule has 2 N–H and O–H groups in total. The minimum absolute atomic E-state index is 0.229. The van der Waals surface area contributed by atoms with Gasteiger partial charge in [0, 0.05) is 6.54 Å². The van der Waals surface area contributed by atoms with Gasteiger partial charge in [-0.25, -0.2) is 13.6 Å². The number of rotatable bonds is 4. The lowest BCUT2D eigenvalue weighted by molar-refractivity contribution is 0.412. The molecule has 84 valence electrons. The van der Waals surface area contributed by atoms with Gasteiger partial charge in [0.2, 0.25) is 10.0 Å². The minimum atomic E-state index is -3.60. The molecule has 1 aromatic carbocycles. The van der Waals surface area contributed by atoms with Gasteiger partial charge in [0.05, 0.1) is 4.90 Å². The summed E-state index contributed by atoms with van der Waals surface area (Å²) >= 11 is 0. The average molecular weight is 228 g/mol. The molecule has 0 aliphatic heterocycles. The molecule has 0 amide bonds. The Bertz CT molecular complexity index is 427. The topological polar surface area (TPSA) is 63.4 Å². The van der Waals surface area contributed by atoms with Crippen molar-refractivity contribution < 1.29 is 8.42 Å². The molecule has 0 saturated heterocycles. The van der Waals surface area contributed by atoms with E-state index >= 15 is 0 Å². The quantitative estimate of drug-likeness (QED) is 0.813. The highest BCUT2D eigenvalue weighted by Crippen LogP contribution is 2.14. The van der Waals surface area contributed by atoms with Gasteiger partial charge in [0.15, 0.2) is 0 Å². The van der Waals surface area contributed by atoms with Gasteiger partial charge in [-0.1, -0.05) is 18.2 Å². The van der Waals surface area contributed by atoms with E-state index in [2.05, 4.69) is 0 Å². The molecule has 1 rings (SSSR count). The highest BCUT2D eigenvalue weighted by atomic mass is 32.2. The summed E-state index contributed by atoms with van der Waals surface area (Å²) in [6.45, 7) is 0.798. The van der Waals surface area contributed by atoms with Crippen LogP contribution in [0, 0.1) is 0 Å². The number of sulfonamides is 1. The van der Waals surface area contributed by atoms with Crippen LogP contribution in [0.2, 0.25) is 0 Å². The average Bonchev–Trinajstić information content (AvgIpc) is 2.13. The lowest BCUT2D eigenvalue weighted by Gasteiger charge is -2.11. The van der Waals surface area contributed by atoms with Crippen LogP contribution < -0.4 is 5.14 Å². The number of nitrogens with zero attached hydrogens (tertiary/aromatic N) is 1. The van der Waals surface area contributed by atoms with E-state index in [1.54, 1.807) is 18.2 Å². The third-order valence-electron chi connectivity index (χ3n) is 2.11. The zero-order valence-corrected chi connectivity index (χ0v) is 9.79. The molecule has 0 heterocycles. The van der Waals surface area contributed by atoms with Gasteiger partial charge in [-0.15, -0.1) is 0 Å². The molecule has 0 aliphatic rings. The predicted molar refractivity (Wildman–Crippen MR) is 60.1 cm³/mol. The minimum Gasteiger partial charge on any atom is -0.309 e. The molecule has 0 bridgehead atoms. The molecule has 4 nitrogen and oxygen atoms in total. The lowest BCUT2D eigenvalue weighted by Crippen LogP contribution is -2.19. The second kappa shape index (κ2) is 4.74. The second-order valence-electron chi connectivity index (χ2n) is 3.71. The Morgan fingerprint density at radius 3 is 2.40 bits per heavy atom. The first kappa shape index (κ1) is 12.2. The molecule has 0 aliphatic carbocycles. The number of nitrogens with two attached hydrogens (primary N) is 1. The van der Waals surface area contributed by atoms with E-state index in [0.717, 1.165) is 12.1 Å². The number of hydrogen-bond acceptors (Lipinski definition) is 3. The predicted octanol–water partition coefficient (Wildman–Crippen LogP) is 0.438. The lowest BCUT2D eigenvalue weighted by atomic mass is 10.1. The Kier molecular flexibility index (Phi) is 3.84. The highest BCUT2D eigenvalue weighted by Gasteiger charge is 2.12. The molecule has 0 spiro atoms. The third-order valence-corrected chi connectivity index (χ3v) is 3.12. The Hall–Kier alpha value is -0.910. The van der Waals surface area contributed by atoms with E-state index in [1.807, 2.05) is 25.1 Å². The monoisotopic (exact) mass is 228 g/mol. The largest absolute Gasteiger partial charge is 0.309 e. The second-order valence-corrected chi connectivity index (χ2v) is 5.24. The van der Waals surface area contributed by atoms with Gasteiger partial charge in [0.1, 0.15) is 0 Å². The summed E-state index contributed by atoms with van der Waals surface area (Å²) < 4.78 is 22.5. The van der Waals surface area contributed by atoms with Crippen molar-refractivity contribution in [2.75, 3.05) is 20.6 Å². The number of likely N-dealkylation sites (N-methyl/N-ethyl adjacent to an activating group) is 1. The Morgan fingerprint density at radius 1 is 1.27 bits per heavy atom. The summed E-state index contributed by atoms with van der Waals surface area (Å²) in [5.74, 6) is 0. The first-order valence-corrected chi connectivity index (χ1v) is 6.21. The fourth-order valence-corrected chi connectivity index (χ4v) is 2.14. The maximum absolute atomic E-state index is 11.3. The van der Waals surface area contributed by atoms with E-state index in [4.69, 9.17) is 5.14 Å². The molecule has 5 heteroatoms. The maximum Gasteiger partial charge on any atom is 0.238 e. The first-order chi connectivity index (χ1) is 6.91. The van der Waals surface area contributed by atoms with Gasteiger partial charge in [-0.05, 0) is 32.1 Å². The van der Waals surface area contributed by atoms with E-state index in [1.165, 1.54) is 0 Å². The summed E-state index contributed by atoms with van der Waals surface area (Å²) in [6, 6.07) is 6.84. The molecule has 0 radical (unpaired) electrons. The maximum atomic E-state index is 11.3. The van der Waals surface area contributed by atoms with Crippen molar-refractivity contribution in [3.8, 4) is 0 Å². The summed E-state index contributed by atoms with van der Waals surface area (Å²) in [6.07, 6.45) is 0.680. The standard InChI is InChI=1S/C10H16N2O2S/c1-12(2)8-7-9-5-3-4-6-10(9)15(11,13)14/h3-6H,7-8H2,1-2H3,(H2,11,13,14). The van der Waals surface area contributed by atoms with Gasteiger partial charge < -0.3 is 4.90 Å². The van der Waals surface area contributed by atoms with Crippen LogP contribution in [-0.2, 0) is 16.4 Å². The SMILES string of the molecule is CN(C)CCc1ccccc1S(N)(=O)=O. The van der Waals surface area contributed by atoms with Gasteiger partial charge in [0.25, 0.3) is 0 Å². The van der Waals surface area contributed by atoms with Crippen molar-refractivity contribution in [2.24, 2.45) is 5.14 Å². The zero-order valence-electron chi connectivity index (χ0n) is 8.97. The molecule has 0 unspecified atom stereocenters. The van der Waals surface area contributed by atoms with Crippen LogP contribution >= 0.6 is 0 Å². The van der Waals surface area contributed by atoms with Crippen LogP contribution in [0.3, 0.4) is 0 Å². The van der Waals surface area contributed by atoms with Crippen molar-refractivity contribution in [1.82, 2.24) is 4.90 Å². The van der Waals surface area contributed by atoms with Crippen molar-refractivity contribution in [3.63, 3.8) is 0 Å². The van der Waals surface area contributed by atoms with Gasteiger partial charge in [-0.3, -0.25) is 0 Å². The Balaban J connectivity index is 2.98. The fourth-order valence-electron chi connectivity index (χ4n) is 1.33. The van der Waals surface area contributed by atoms with E-state index in [9.17, 15) is 8.42 Å². The summed E-state index contributed by atoms with van der Waals surface area (Å²) in [5, 5.41) is 5.12. The van der Waals surface area contributed by atoms with E-state index < -0.39 is 10.0 Å². The van der Waals surface area contributed by atoms with Crippen LogP contribution in [0.1, 0.15) is 5.56 Å². The summed E-state index contributed by atoms with van der Waals surface area (Å²) in [7, 11) is 0.288. The summed E-state index contributed by atoms with van der Waals surface area (Å²) in [5.41, 5.74) is 0.772. The van der Waals surface area contributed by atoms with E-state index in [-0.39, 0.29) is 4.90 Å². The molecule has 0 fully saturated rings. The Labute approximate surface area is 90.8 Å². The van der Waals surface area contributed by atoms with Crippen LogP contribution in [-0.4, -0.2) is 34.0 Å². The van der Waals surface area contributed by atoms with Crippen LogP contribution in [0.5, 0.6) is 0 Å². The smallest absolute Gasteiger partial charge is 0.238 e.